The lowest BCUT2D eigenvalue weighted by Gasteiger charge is -2.25. The van der Waals surface area contributed by atoms with Crippen LogP contribution in [-0.4, -0.2) is 20.1 Å². The van der Waals surface area contributed by atoms with E-state index < -0.39 is 0 Å². The van der Waals surface area contributed by atoms with Crippen molar-refractivity contribution in [3.8, 4) is 0 Å². The molecule has 1 rings (SSSR count). The summed E-state index contributed by atoms with van der Waals surface area (Å²) in [7, 11) is 1.92. The summed E-state index contributed by atoms with van der Waals surface area (Å²) >= 11 is 5.09. The van der Waals surface area contributed by atoms with Crippen molar-refractivity contribution in [2.45, 2.75) is 32.6 Å². The molecule has 0 amide bonds. The van der Waals surface area contributed by atoms with Crippen LogP contribution in [0.1, 0.15) is 32.8 Å². The van der Waals surface area contributed by atoms with Crippen molar-refractivity contribution in [2.75, 3.05) is 25.5 Å². The van der Waals surface area contributed by atoms with E-state index in [-0.39, 0.29) is 10.8 Å². The maximum atomic E-state index is 11.6. The van der Waals surface area contributed by atoms with Crippen LogP contribution in [0, 0.1) is 4.51 Å². The number of anilines is 1. The summed E-state index contributed by atoms with van der Waals surface area (Å²) in [5.41, 5.74) is 1.70. The molecule has 0 aromatic heterocycles. The largest absolute Gasteiger partial charge is 0.382 e. The van der Waals surface area contributed by atoms with E-state index in [2.05, 4.69) is 31.4 Å². The predicted octanol–water partition coefficient (Wildman–Crippen LogP) is 1.97. The van der Waals surface area contributed by atoms with Gasteiger partial charge in [-0.15, -0.1) is 0 Å². The Labute approximate surface area is 102 Å². The van der Waals surface area contributed by atoms with E-state index in [0.717, 1.165) is 30.8 Å². The molecular weight excluding hydrogens is 220 g/mol. The predicted molar refractivity (Wildman–Crippen MR) is 71.7 cm³/mol. The van der Waals surface area contributed by atoms with Gasteiger partial charge in [-0.1, -0.05) is 33.0 Å². The second-order valence-electron chi connectivity index (χ2n) is 5.04. The van der Waals surface area contributed by atoms with Crippen molar-refractivity contribution in [1.82, 2.24) is 5.32 Å². The molecule has 0 spiro atoms. The fourth-order valence-electron chi connectivity index (χ4n) is 1.75. The van der Waals surface area contributed by atoms with Gasteiger partial charge in [-0.3, -0.25) is 4.79 Å². The average molecular weight is 240 g/mol. The summed E-state index contributed by atoms with van der Waals surface area (Å²) in [6.07, 6.45) is 0.997. The average Bonchev–Trinajstić information content (AvgIpc) is 2.19. The Hall–Kier alpha value is -0.740. The van der Waals surface area contributed by atoms with Crippen LogP contribution in [0.2, 0.25) is 0 Å². The quantitative estimate of drug-likeness (QED) is 0.610. The third-order valence-electron chi connectivity index (χ3n) is 2.57. The first-order valence-electron chi connectivity index (χ1n) is 5.62. The third kappa shape index (κ3) is 2.68. The van der Waals surface area contributed by atoms with Crippen LogP contribution in [0.15, 0.2) is 4.79 Å². The first-order chi connectivity index (χ1) is 7.39. The fraction of sp³-hybridized carbons (Fsp3) is 0.667. The fourth-order valence-corrected chi connectivity index (χ4v) is 2.26. The zero-order valence-corrected chi connectivity index (χ0v) is 11.3. The van der Waals surface area contributed by atoms with Crippen LogP contribution in [0.3, 0.4) is 0 Å². The minimum absolute atomic E-state index is 0.00406. The highest BCUT2D eigenvalue weighted by Gasteiger charge is 2.27. The number of rotatable bonds is 5. The molecule has 0 bridgehead atoms. The van der Waals surface area contributed by atoms with E-state index in [1.165, 1.54) is 0 Å². The number of hydrogen-bond acceptors (Lipinski definition) is 4. The van der Waals surface area contributed by atoms with Crippen LogP contribution in [0.5, 0.6) is 0 Å². The second kappa shape index (κ2) is 5.06. The molecular formula is C12H20N2OS. The Morgan fingerprint density at radius 2 is 1.88 bits per heavy atom. The van der Waals surface area contributed by atoms with Gasteiger partial charge in [0.15, 0.2) is 0 Å². The van der Waals surface area contributed by atoms with E-state index in [9.17, 15) is 4.79 Å². The molecule has 90 valence electrons. The molecule has 1 aromatic rings. The molecule has 0 unspecified atom stereocenters. The standard InChI is InChI=1S/C12H20N2OS/c1-12(2,3)8-9(10(15)11(8)16)14-7-5-6-13-4/h13-14H,5-7H2,1-4H3. The summed E-state index contributed by atoms with van der Waals surface area (Å²) in [4.78, 5) is 11.6. The highest BCUT2D eigenvalue weighted by atomic mass is 32.1. The molecule has 3 nitrogen and oxygen atoms in total. The van der Waals surface area contributed by atoms with E-state index >= 15 is 0 Å². The van der Waals surface area contributed by atoms with Crippen molar-refractivity contribution in [3.63, 3.8) is 0 Å². The minimum atomic E-state index is -0.0453. The van der Waals surface area contributed by atoms with Gasteiger partial charge in [0.2, 0.25) is 5.43 Å². The Morgan fingerprint density at radius 1 is 1.25 bits per heavy atom. The van der Waals surface area contributed by atoms with E-state index in [1.54, 1.807) is 0 Å². The molecule has 0 saturated heterocycles. The molecule has 0 aliphatic heterocycles. The van der Waals surface area contributed by atoms with Crippen LogP contribution < -0.4 is 16.1 Å². The maximum Gasteiger partial charge on any atom is 0.220 e. The highest BCUT2D eigenvalue weighted by molar-refractivity contribution is 7.71. The molecule has 16 heavy (non-hydrogen) atoms. The molecule has 0 saturated carbocycles. The first-order valence-corrected chi connectivity index (χ1v) is 6.02. The third-order valence-corrected chi connectivity index (χ3v) is 2.96. The topological polar surface area (TPSA) is 41.1 Å². The van der Waals surface area contributed by atoms with E-state index in [1.807, 2.05) is 7.05 Å². The molecule has 0 aliphatic rings. The van der Waals surface area contributed by atoms with Crippen molar-refractivity contribution in [3.05, 3.63) is 20.3 Å². The summed E-state index contributed by atoms with van der Waals surface area (Å²) in [6.45, 7) is 8.00. The molecule has 4 heteroatoms. The Balaban J connectivity index is 2.71. The lowest BCUT2D eigenvalue weighted by Crippen LogP contribution is -2.29. The molecule has 0 radical (unpaired) electrons. The van der Waals surface area contributed by atoms with Gasteiger partial charge in [-0.2, -0.15) is 0 Å². The van der Waals surface area contributed by atoms with Gasteiger partial charge in [-0.05, 0) is 25.4 Å². The Bertz CT molecular complexity index is 425. The molecule has 2 N–H and O–H groups in total. The van der Waals surface area contributed by atoms with Gasteiger partial charge >= 0.3 is 0 Å². The number of hydrogen-bond donors (Lipinski definition) is 2. The zero-order valence-electron chi connectivity index (χ0n) is 10.4. The van der Waals surface area contributed by atoms with Gasteiger partial charge in [0.05, 0.1) is 10.2 Å². The van der Waals surface area contributed by atoms with Gasteiger partial charge in [0, 0.05) is 12.1 Å². The van der Waals surface area contributed by atoms with Crippen LogP contribution in [0.4, 0.5) is 5.69 Å². The van der Waals surface area contributed by atoms with Crippen LogP contribution in [0.25, 0.3) is 0 Å². The summed E-state index contributed by atoms with van der Waals surface area (Å²) < 4.78 is 0.503. The molecule has 1 aromatic carbocycles. The molecule has 0 heterocycles. The van der Waals surface area contributed by atoms with Gasteiger partial charge in [0.25, 0.3) is 0 Å². The lowest BCUT2D eigenvalue weighted by molar-refractivity contribution is 0.583. The smallest absolute Gasteiger partial charge is 0.220 e. The van der Waals surface area contributed by atoms with Gasteiger partial charge in [0.1, 0.15) is 0 Å². The monoisotopic (exact) mass is 240 g/mol. The molecule has 0 aliphatic carbocycles. The van der Waals surface area contributed by atoms with Crippen molar-refractivity contribution >= 4 is 17.9 Å². The maximum absolute atomic E-state index is 11.6. The molecule has 0 fully saturated rings. The zero-order chi connectivity index (χ0) is 12.3. The number of nitrogens with one attached hydrogen (secondary N) is 2. The lowest BCUT2D eigenvalue weighted by atomic mass is 9.83. The normalized spacial score (nSPS) is 12.0. The van der Waals surface area contributed by atoms with E-state index in [4.69, 9.17) is 12.2 Å². The SMILES string of the molecule is CNCCCNc1c(C(C)(C)C)c(=S)c1=O. The van der Waals surface area contributed by atoms with Crippen molar-refractivity contribution in [1.29, 1.82) is 0 Å². The van der Waals surface area contributed by atoms with Crippen molar-refractivity contribution < 1.29 is 0 Å². The highest BCUT2D eigenvalue weighted by Crippen LogP contribution is 2.30. The summed E-state index contributed by atoms with van der Waals surface area (Å²) in [5, 5.41) is 6.27. The van der Waals surface area contributed by atoms with Gasteiger partial charge in [-0.25, -0.2) is 0 Å². The van der Waals surface area contributed by atoms with Gasteiger partial charge < -0.3 is 10.6 Å². The van der Waals surface area contributed by atoms with E-state index in [0.29, 0.717) is 4.51 Å². The van der Waals surface area contributed by atoms with Crippen LogP contribution in [-0.2, 0) is 5.41 Å². The second-order valence-corrected chi connectivity index (χ2v) is 5.45. The first kappa shape index (κ1) is 13.3. The van der Waals surface area contributed by atoms with Crippen LogP contribution >= 0.6 is 12.2 Å². The Kier molecular flexibility index (Phi) is 4.21. The summed E-state index contributed by atoms with van der Waals surface area (Å²) in [6, 6.07) is 0. The minimum Gasteiger partial charge on any atom is -0.382 e. The molecule has 0 atom stereocenters. The summed E-state index contributed by atoms with van der Waals surface area (Å²) in [5.74, 6) is 0. The van der Waals surface area contributed by atoms with Crippen molar-refractivity contribution in [2.24, 2.45) is 0 Å². The Morgan fingerprint density at radius 3 is 2.38 bits per heavy atom.